The molecule has 1 aromatic carbocycles. The molecule has 0 saturated heterocycles. The Labute approximate surface area is 87.3 Å². The van der Waals surface area contributed by atoms with Crippen LogP contribution >= 0.6 is 0 Å². The lowest BCUT2D eigenvalue weighted by Gasteiger charge is -2.04. The number of hydrogen-bond donors (Lipinski definition) is 1. The first kappa shape index (κ1) is 9.86. The van der Waals surface area contributed by atoms with Crippen molar-refractivity contribution in [2.45, 2.75) is 6.54 Å². The lowest BCUT2D eigenvalue weighted by Crippen LogP contribution is -2.00. The van der Waals surface area contributed by atoms with E-state index >= 15 is 0 Å². The normalized spacial score (nSPS) is 10.6. The Morgan fingerprint density at radius 2 is 2.27 bits per heavy atom. The predicted molar refractivity (Wildman–Crippen MR) is 56.5 cm³/mol. The molecule has 78 valence electrons. The van der Waals surface area contributed by atoms with Gasteiger partial charge >= 0.3 is 0 Å². The number of benzene rings is 1. The first-order valence-corrected chi connectivity index (χ1v) is 4.69. The number of aryl methyl sites for hydroxylation is 1. The Bertz CT molecular complexity index is 476. The van der Waals surface area contributed by atoms with E-state index in [0.717, 1.165) is 16.8 Å². The van der Waals surface area contributed by atoms with Gasteiger partial charge in [0.05, 0.1) is 11.9 Å². The number of aromatic nitrogens is 2. The largest absolute Gasteiger partial charge is 0.326 e. The third-order valence-electron chi connectivity index (χ3n) is 2.33. The molecule has 0 unspecified atom stereocenters. The minimum Gasteiger partial charge on any atom is -0.326 e. The number of nitrogens with two attached hydrogens (primary N) is 1. The molecule has 0 atom stereocenters. The zero-order valence-electron chi connectivity index (χ0n) is 8.44. The van der Waals surface area contributed by atoms with Gasteiger partial charge in [0.2, 0.25) is 0 Å². The van der Waals surface area contributed by atoms with Crippen molar-refractivity contribution in [2.75, 3.05) is 0 Å². The van der Waals surface area contributed by atoms with Crippen molar-refractivity contribution < 1.29 is 4.39 Å². The second-order valence-corrected chi connectivity index (χ2v) is 3.36. The van der Waals surface area contributed by atoms with Gasteiger partial charge in [0, 0.05) is 24.7 Å². The molecule has 3 nitrogen and oxygen atoms in total. The van der Waals surface area contributed by atoms with Crippen LogP contribution in [-0.2, 0) is 13.6 Å². The Morgan fingerprint density at radius 1 is 1.47 bits per heavy atom. The van der Waals surface area contributed by atoms with Crippen molar-refractivity contribution in [3.05, 3.63) is 41.8 Å². The summed E-state index contributed by atoms with van der Waals surface area (Å²) in [6.07, 6.45) is 1.71. The Balaban J connectivity index is 2.57. The van der Waals surface area contributed by atoms with E-state index in [0.29, 0.717) is 6.54 Å². The molecule has 0 fully saturated rings. The molecule has 0 amide bonds. The summed E-state index contributed by atoms with van der Waals surface area (Å²) in [6.45, 7) is 0.402. The van der Waals surface area contributed by atoms with E-state index in [9.17, 15) is 4.39 Å². The molecule has 0 aliphatic rings. The summed E-state index contributed by atoms with van der Waals surface area (Å²) in [6, 6.07) is 6.43. The van der Waals surface area contributed by atoms with Gasteiger partial charge in [-0.2, -0.15) is 5.10 Å². The average molecular weight is 205 g/mol. The molecule has 0 spiro atoms. The molecule has 2 N–H and O–H groups in total. The third kappa shape index (κ3) is 1.76. The van der Waals surface area contributed by atoms with Crippen molar-refractivity contribution >= 4 is 0 Å². The van der Waals surface area contributed by atoms with Crippen LogP contribution in [0.1, 0.15) is 5.56 Å². The van der Waals surface area contributed by atoms with Crippen molar-refractivity contribution in [1.29, 1.82) is 0 Å². The highest BCUT2D eigenvalue weighted by Crippen LogP contribution is 2.23. The summed E-state index contributed by atoms with van der Waals surface area (Å²) < 4.78 is 14.8. The molecule has 2 rings (SSSR count). The van der Waals surface area contributed by atoms with Crippen molar-refractivity contribution in [1.82, 2.24) is 9.78 Å². The molecule has 0 radical (unpaired) electrons. The highest BCUT2D eigenvalue weighted by atomic mass is 19.1. The monoisotopic (exact) mass is 205 g/mol. The number of nitrogens with zero attached hydrogens (tertiary/aromatic N) is 2. The molecule has 1 aromatic heterocycles. The van der Waals surface area contributed by atoms with E-state index in [1.807, 2.05) is 13.1 Å². The maximum Gasteiger partial charge on any atom is 0.123 e. The minimum absolute atomic E-state index is 0.253. The molecular formula is C11H12FN3. The van der Waals surface area contributed by atoms with E-state index < -0.39 is 0 Å². The zero-order valence-corrected chi connectivity index (χ0v) is 8.44. The van der Waals surface area contributed by atoms with Gasteiger partial charge in [0.25, 0.3) is 0 Å². The van der Waals surface area contributed by atoms with Gasteiger partial charge in [0.1, 0.15) is 5.82 Å². The Hall–Kier alpha value is -1.68. The number of halogens is 1. The lowest BCUT2D eigenvalue weighted by molar-refractivity contribution is 0.628. The van der Waals surface area contributed by atoms with Crippen LogP contribution in [0.15, 0.2) is 30.5 Å². The molecule has 0 saturated carbocycles. The van der Waals surface area contributed by atoms with Crippen LogP contribution in [0.4, 0.5) is 4.39 Å². The third-order valence-corrected chi connectivity index (χ3v) is 2.33. The molecule has 0 aliphatic carbocycles. The summed E-state index contributed by atoms with van der Waals surface area (Å²) >= 11 is 0. The second-order valence-electron chi connectivity index (χ2n) is 3.36. The summed E-state index contributed by atoms with van der Waals surface area (Å²) in [5.74, 6) is -0.253. The molecule has 4 heteroatoms. The van der Waals surface area contributed by atoms with Gasteiger partial charge in [0.15, 0.2) is 0 Å². The number of hydrogen-bond acceptors (Lipinski definition) is 2. The topological polar surface area (TPSA) is 43.8 Å². The predicted octanol–water partition coefficient (Wildman–Crippen LogP) is 1.68. The van der Waals surface area contributed by atoms with Crippen LogP contribution in [0.2, 0.25) is 0 Å². The summed E-state index contributed by atoms with van der Waals surface area (Å²) in [7, 11) is 1.82. The summed E-state index contributed by atoms with van der Waals surface area (Å²) in [5.41, 5.74) is 8.19. The van der Waals surface area contributed by atoms with Gasteiger partial charge in [-0.25, -0.2) is 4.39 Å². The zero-order chi connectivity index (χ0) is 10.8. The fourth-order valence-electron chi connectivity index (χ4n) is 1.64. The van der Waals surface area contributed by atoms with Crippen LogP contribution < -0.4 is 5.73 Å². The Kier molecular flexibility index (Phi) is 2.51. The lowest BCUT2D eigenvalue weighted by atomic mass is 10.1. The maximum absolute atomic E-state index is 13.1. The van der Waals surface area contributed by atoms with Gasteiger partial charge in [-0.1, -0.05) is 12.1 Å². The van der Waals surface area contributed by atoms with Crippen molar-refractivity contribution in [3.63, 3.8) is 0 Å². The van der Waals surface area contributed by atoms with Crippen LogP contribution in [0, 0.1) is 5.82 Å². The molecule has 1 heterocycles. The fraction of sp³-hybridized carbons (Fsp3) is 0.182. The van der Waals surface area contributed by atoms with E-state index in [1.54, 1.807) is 16.9 Å². The first-order valence-electron chi connectivity index (χ1n) is 4.69. The van der Waals surface area contributed by atoms with Crippen molar-refractivity contribution in [3.8, 4) is 11.3 Å². The molecule has 0 aliphatic heterocycles. The standard InChI is InChI=1S/C11H12FN3/c1-15-11(9(6-13)7-14-15)8-3-2-4-10(12)5-8/h2-5,7H,6,13H2,1H3. The first-order chi connectivity index (χ1) is 7.22. The fourth-order valence-corrected chi connectivity index (χ4v) is 1.64. The highest BCUT2D eigenvalue weighted by Gasteiger charge is 2.09. The summed E-state index contributed by atoms with van der Waals surface area (Å²) in [4.78, 5) is 0. The Morgan fingerprint density at radius 3 is 2.93 bits per heavy atom. The molecule has 2 aromatic rings. The molecule has 15 heavy (non-hydrogen) atoms. The van der Waals surface area contributed by atoms with Gasteiger partial charge in [-0.05, 0) is 12.1 Å². The van der Waals surface area contributed by atoms with Gasteiger partial charge in [-0.3, -0.25) is 4.68 Å². The van der Waals surface area contributed by atoms with Gasteiger partial charge < -0.3 is 5.73 Å². The van der Waals surface area contributed by atoms with E-state index in [2.05, 4.69) is 5.10 Å². The highest BCUT2D eigenvalue weighted by molar-refractivity contribution is 5.63. The smallest absolute Gasteiger partial charge is 0.123 e. The SMILES string of the molecule is Cn1ncc(CN)c1-c1cccc(F)c1. The molecule has 0 bridgehead atoms. The van der Waals surface area contributed by atoms with Crippen LogP contribution in [-0.4, -0.2) is 9.78 Å². The molecular weight excluding hydrogens is 193 g/mol. The van der Waals surface area contributed by atoms with Crippen LogP contribution in [0.25, 0.3) is 11.3 Å². The minimum atomic E-state index is -0.253. The van der Waals surface area contributed by atoms with E-state index in [-0.39, 0.29) is 5.82 Å². The van der Waals surface area contributed by atoms with E-state index in [4.69, 9.17) is 5.73 Å². The quantitative estimate of drug-likeness (QED) is 0.810. The summed E-state index contributed by atoms with van der Waals surface area (Å²) in [5, 5.41) is 4.11. The maximum atomic E-state index is 13.1. The average Bonchev–Trinajstić information content (AvgIpc) is 2.59. The van der Waals surface area contributed by atoms with Crippen LogP contribution in [0.3, 0.4) is 0 Å². The second kappa shape index (κ2) is 3.82. The van der Waals surface area contributed by atoms with Crippen LogP contribution in [0.5, 0.6) is 0 Å². The van der Waals surface area contributed by atoms with E-state index in [1.165, 1.54) is 12.1 Å². The van der Waals surface area contributed by atoms with Crippen molar-refractivity contribution in [2.24, 2.45) is 12.8 Å². The van der Waals surface area contributed by atoms with Gasteiger partial charge in [-0.15, -0.1) is 0 Å². The number of rotatable bonds is 2.